The van der Waals surface area contributed by atoms with E-state index >= 15 is 0 Å². The normalized spacial score (nSPS) is 10.5. The molecule has 0 fully saturated rings. The smallest absolute Gasteiger partial charge is 0.130 e. The second kappa shape index (κ2) is 5.23. The first kappa shape index (κ1) is 12.0. The molecule has 2 nitrogen and oxygen atoms in total. The zero-order chi connectivity index (χ0) is 12.3. The number of aromatic nitrogens is 1. The topological polar surface area (TPSA) is 30.0 Å². The summed E-state index contributed by atoms with van der Waals surface area (Å²) >= 11 is 1.63. The van der Waals surface area contributed by atoms with E-state index in [2.05, 4.69) is 35.5 Å². The van der Waals surface area contributed by atoms with Crippen molar-refractivity contribution < 1.29 is 4.79 Å². The molecule has 2 rings (SSSR count). The molecule has 1 aromatic carbocycles. The SMILES string of the molecule is CC(=O)CCc1nc(-c2cccc(C)c2)cs1. The summed E-state index contributed by atoms with van der Waals surface area (Å²) in [4.78, 5) is 15.5. The molecule has 0 N–H and O–H groups in total. The Morgan fingerprint density at radius 3 is 2.94 bits per heavy atom. The average molecular weight is 245 g/mol. The second-order valence-corrected chi connectivity index (χ2v) is 5.14. The Balaban J connectivity index is 2.15. The van der Waals surface area contributed by atoms with Gasteiger partial charge in [-0.1, -0.05) is 23.8 Å². The van der Waals surface area contributed by atoms with Gasteiger partial charge in [0.2, 0.25) is 0 Å². The van der Waals surface area contributed by atoms with Crippen LogP contribution in [0.5, 0.6) is 0 Å². The zero-order valence-corrected chi connectivity index (χ0v) is 10.9. The number of hydrogen-bond acceptors (Lipinski definition) is 3. The summed E-state index contributed by atoms with van der Waals surface area (Å²) in [6, 6.07) is 8.31. The molecule has 0 atom stereocenters. The fourth-order valence-electron chi connectivity index (χ4n) is 1.65. The Morgan fingerprint density at radius 2 is 2.24 bits per heavy atom. The molecule has 0 unspecified atom stereocenters. The van der Waals surface area contributed by atoms with Crippen molar-refractivity contribution in [3.63, 3.8) is 0 Å². The van der Waals surface area contributed by atoms with Crippen LogP contribution in [0.25, 0.3) is 11.3 Å². The van der Waals surface area contributed by atoms with Crippen LogP contribution in [-0.4, -0.2) is 10.8 Å². The van der Waals surface area contributed by atoms with Crippen molar-refractivity contribution in [2.45, 2.75) is 26.7 Å². The number of rotatable bonds is 4. The summed E-state index contributed by atoms with van der Waals surface area (Å²) in [6.45, 7) is 3.70. The Bertz CT molecular complexity index is 531. The Hall–Kier alpha value is -1.48. The van der Waals surface area contributed by atoms with Gasteiger partial charge in [0, 0.05) is 23.8 Å². The van der Waals surface area contributed by atoms with Crippen molar-refractivity contribution in [2.24, 2.45) is 0 Å². The lowest BCUT2D eigenvalue weighted by Crippen LogP contribution is -1.93. The van der Waals surface area contributed by atoms with Gasteiger partial charge in [-0.2, -0.15) is 0 Å². The summed E-state index contributed by atoms with van der Waals surface area (Å²) in [7, 11) is 0. The molecule has 0 radical (unpaired) electrons. The van der Waals surface area contributed by atoms with Crippen LogP contribution < -0.4 is 0 Å². The number of hydrogen-bond donors (Lipinski definition) is 0. The van der Waals surface area contributed by atoms with Crippen LogP contribution in [0.4, 0.5) is 0 Å². The van der Waals surface area contributed by atoms with Gasteiger partial charge < -0.3 is 4.79 Å². The molecule has 0 spiro atoms. The van der Waals surface area contributed by atoms with Gasteiger partial charge in [0.15, 0.2) is 0 Å². The minimum Gasteiger partial charge on any atom is -0.300 e. The fourth-order valence-corrected chi connectivity index (χ4v) is 2.45. The van der Waals surface area contributed by atoms with Gasteiger partial charge >= 0.3 is 0 Å². The second-order valence-electron chi connectivity index (χ2n) is 4.20. The molecule has 0 bridgehead atoms. The molecule has 3 heteroatoms. The molecule has 1 heterocycles. The van der Waals surface area contributed by atoms with Crippen molar-refractivity contribution in [3.8, 4) is 11.3 Å². The first-order valence-corrected chi connectivity index (χ1v) is 6.54. The maximum Gasteiger partial charge on any atom is 0.130 e. The molecule has 0 saturated carbocycles. The standard InChI is InChI=1S/C14H15NOS/c1-10-4-3-5-12(8-10)13-9-17-14(15-13)7-6-11(2)16/h3-5,8-9H,6-7H2,1-2H3. The van der Waals surface area contributed by atoms with Gasteiger partial charge in [-0.15, -0.1) is 11.3 Å². The van der Waals surface area contributed by atoms with Gasteiger partial charge in [-0.05, 0) is 19.9 Å². The molecule has 1 aromatic heterocycles. The maximum absolute atomic E-state index is 10.9. The largest absolute Gasteiger partial charge is 0.300 e. The van der Waals surface area contributed by atoms with E-state index in [9.17, 15) is 4.79 Å². The highest BCUT2D eigenvalue weighted by atomic mass is 32.1. The predicted octanol–water partition coefficient (Wildman–Crippen LogP) is 3.64. The highest BCUT2D eigenvalue weighted by Crippen LogP contribution is 2.23. The number of Topliss-reactive ketones (excluding diaryl/α,β-unsaturated/α-hetero) is 1. The third-order valence-electron chi connectivity index (χ3n) is 2.56. The highest BCUT2D eigenvalue weighted by Gasteiger charge is 2.05. The van der Waals surface area contributed by atoms with Crippen molar-refractivity contribution in [1.29, 1.82) is 0 Å². The van der Waals surface area contributed by atoms with E-state index in [0.717, 1.165) is 22.7 Å². The van der Waals surface area contributed by atoms with Crippen LogP contribution in [0, 0.1) is 6.92 Å². The van der Waals surface area contributed by atoms with E-state index in [-0.39, 0.29) is 5.78 Å². The number of aryl methyl sites for hydroxylation is 2. The number of ketones is 1. The number of carbonyl (C=O) groups excluding carboxylic acids is 1. The quantitative estimate of drug-likeness (QED) is 0.823. The van der Waals surface area contributed by atoms with E-state index in [4.69, 9.17) is 0 Å². The fraction of sp³-hybridized carbons (Fsp3) is 0.286. The maximum atomic E-state index is 10.9. The number of thiazole rings is 1. The third-order valence-corrected chi connectivity index (χ3v) is 3.47. The molecule has 0 aliphatic heterocycles. The van der Waals surface area contributed by atoms with E-state index in [1.54, 1.807) is 18.3 Å². The summed E-state index contributed by atoms with van der Waals surface area (Å²) < 4.78 is 0. The van der Waals surface area contributed by atoms with Gasteiger partial charge in [0.05, 0.1) is 10.7 Å². The third kappa shape index (κ3) is 3.24. The molecule has 0 saturated heterocycles. The minimum absolute atomic E-state index is 0.220. The van der Waals surface area contributed by atoms with Crippen LogP contribution in [0.3, 0.4) is 0 Å². The molecule has 17 heavy (non-hydrogen) atoms. The first-order valence-electron chi connectivity index (χ1n) is 5.66. The Kier molecular flexibility index (Phi) is 3.69. The number of benzene rings is 1. The van der Waals surface area contributed by atoms with E-state index in [1.807, 2.05) is 6.07 Å². The van der Waals surface area contributed by atoms with Crippen molar-refractivity contribution in [3.05, 3.63) is 40.2 Å². The summed E-state index contributed by atoms with van der Waals surface area (Å²) in [6.07, 6.45) is 1.34. The first-order chi connectivity index (χ1) is 8.15. The number of carbonyl (C=O) groups is 1. The molecule has 2 aromatic rings. The highest BCUT2D eigenvalue weighted by molar-refractivity contribution is 7.09. The lowest BCUT2D eigenvalue weighted by Gasteiger charge is -1.97. The van der Waals surface area contributed by atoms with Crippen LogP contribution in [-0.2, 0) is 11.2 Å². The van der Waals surface area contributed by atoms with E-state index < -0.39 is 0 Å². The van der Waals surface area contributed by atoms with Crippen LogP contribution >= 0.6 is 11.3 Å². The van der Waals surface area contributed by atoms with Crippen molar-refractivity contribution in [2.75, 3.05) is 0 Å². The Morgan fingerprint density at radius 1 is 1.41 bits per heavy atom. The zero-order valence-electron chi connectivity index (χ0n) is 10.1. The minimum atomic E-state index is 0.220. The van der Waals surface area contributed by atoms with Gasteiger partial charge in [-0.3, -0.25) is 0 Å². The predicted molar refractivity (Wildman–Crippen MR) is 71.3 cm³/mol. The lowest BCUT2D eigenvalue weighted by molar-refractivity contribution is -0.116. The van der Waals surface area contributed by atoms with E-state index in [0.29, 0.717) is 6.42 Å². The van der Waals surface area contributed by atoms with Crippen molar-refractivity contribution in [1.82, 2.24) is 4.98 Å². The van der Waals surface area contributed by atoms with Crippen LogP contribution in [0.15, 0.2) is 29.6 Å². The molecular weight excluding hydrogens is 230 g/mol. The van der Waals surface area contributed by atoms with Crippen LogP contribution in [0.1, 0.15) is 23.9 Å². The Labute approximate surface area is 105 Å². The summed E-state index contributed by atoms with van der Waals surface area (Å²) in [5.74, 6) is 0.220. The summed E-state index contributed by atoms with van der Waals surface area (Å²) in [5, 5.41) is 3.10. The van der Waals surface area contributed by atoms with Gasteiger partial charge in [-0.25, -0.2) is 4.98 Å². The van der Waals surface area contributed by atoms with Crippen molar-refractivity contribution >= 4 is 17.1 Å². The van der Waals surface area contributed by atoms with Gasteiger partial charge in [0.1, 0.15) is 5.78 Å². The molecule has 0 amide bonds. The number of nitrogens with zero attached hydrogens (tertiary/aromatic N) is 1. The summed E-state index contributed by atoms with van der Waals surface area (Å²) in [5.41, 5.74) is 3.40. The monoisotopic (exact) mass is 245 g/mol. The molecule has 0 aliphatic rings. The molecule has 88 valence electrons. The molecule has 0 aliphatic carbocycles. The molecular formula is C14H15NOS. The van der Waals surface area contributed by atoms with Crippen LogP contribution in [0.2, 0.25) is 0 Å². The van der Waals surface area contributed by atoms with Gasteiger partial charge in [0.25, 0.3) is 0 Å². The van der Waals surface area contributed by atoms with E-state index in [1.165, 1.54) is 5.56 Å². The average Bonchev–Trinajstić information content (AvgIpc) is 2.75. The lowest BCUT2D eigenvalue weighted by atomic mass is 10.1.